The fourth-order valence-corrected chi connectivity index (χ4v) is 2.73. The first kappa shape index (κ1) is 15.0. The van der Waals surface area contributed by atoms with E-state index in [0.717, 1.165) is 18.4 Å². The number of hydrogen-bond donors (Lipinski definition) is 0. The molecular weight excluding hydrogens is 256 g/mol. The molecule has 112 valence electrons. The molecule has 2 amide bonds. The van der Waals surface area contributed by atoms with Gasteiger partial charge in [0.1, 0.15) is 0 Å². The lowest BCUT2D eigenvalue weighted by Gasteiger charge is -2.35. The van der Waals surface area contributed by atoms with Gasteiger partial charge in [0.05, 0.1) is 13.2 Å². The van der Waals surface area contributed by atoms with Crippen LogP contribution in [0.1, 0.15) is 26.7 Å². The molecule has 5 heteroatoms. The number of rotatable bonds is 2. The second-order valence-corrected chi connectivity index (χ2v) is 5.76. The van der Waals surface area contributed by atoms with E-state index in [-0.39, 0.29) is 17.7 Å². The van der Waals surface area contributed by atoms with Gasteiger partial charge in [-0.3, -0.25) is 9.59 Å². The molecule has 0 unspecified atom stereocenters. The number of ether oxygens (including phenoxy) is 1. The smallest absolute Gasteiger partial charge is 0.246 e. The van der Waals surface area contributed by atoms with Crippen LogP contribution in [-0.2, 0) is 14.3 Å². The van der Waals surface area contributed by atoms with Crippen molar-refractivity contribution < 1.29 is 14.3 Å². The summed E-state index contributed by atoms with van der Waals surface area (Å²) in [5.41, 5.74) is 1.02. The summed E-state index contributed by atoms with van der Waals surface area (Å²) in [4.78, 5) is 28.0. The summed E-state index contributed by atoms with van der Waals surface area (Å²) in [5, 5.41) is 0. The van der Waals surface area contributed by atoms with Crippen molar-refractivity contribution in [3.05, 3.63) is 11.6 Å². The number of morpholine rings is 1. The summed E-state index contributed by atoms with van der Waals surface area (Å²) < 4.78 is 5.27. The minimum absolute atomic E-state index is 0.0715. The molecule has 2 aliphatic heterocycles. The molecule has 2 aliphatic rings. The lowest BCUT2D eigenvalue weighted by atomic mass is 9.95. The maximum absolute atomic E-state index is 12.4. The fourth-order valence-electron chi connectivity index (χ4n) is 2.73. The minimum atomic E-state index is 0.0715. The van der Waals surface area contributed by atoms with Gasteiger partial charge in [-0.05, 0) is 26.7 Å². The van der Waals surface area contributed by atoms with Crippen LogP contribution in [0.4, 0.5) is 0 Å². The van der Waals surface area contributed by atoms with E-state index in [1.54, 1.807) is 6.08 Å². The van der Waals surface area contributed by atoms with E-state index < -0.39 is 0 Å². The van der Waals surface area contributed by atoms with Gasteiger partial charge in [-0.15, -0.1) is 0 Å². The Kier molecular flexibility index (Phi) is 5.17. The third kappa shape index (κ3) is 3.82. The second kappa shape index (κ2) is 6.88. The van der Waals surface area contributed by atoms with Gasteiger partial charge in [0.25, 0.3) is 0 Å². The van der Waals surface area contributed by atoms with Crippen molar-refractivity contribution >= 4 is 11.8 Å². The molecule has 0 spiro atoms. The van der Waals surface area contributed by atoms with Gasteiger partial charge < -0.3 is 14.5 Å². The highest BCUT2D eigenvalue weighted by Crippen LogP contribution is 2.20. The van der Waals surface area contributed by atoms with Gasteiger partial charge in [0.2, 0.25) is 11.8 Å². The summed E-state index contributed by atoms with van der Waals surface area (Å²) in [6.07, 6.45) is 3.22. The van der Waals surface area contributed by atoms with Gasteiger partial charge in [-0.25, -0.2) is 0 Å². The Morgan fingerprint density at radius 3 is 2.15 bits per heavy atom. The zero-order valence-electron chi connectivity index (χ0n) is 12.4. The van der Waals surface area contributed by atoms with Crippen molar-refractivity contribution in [2.24, 2.45) is 5.92 Å². The summed E-state index contributed by atoms with van der Waals surface area (Å²) >= 11 is 0. The molecule has 0 radical (unpaired) electrons. The molecule has 5 nitrogen and oxygen atoms in total. The molecule has 2 fully saturated rings. The average Bonchev–Trinajstić information content (AvgIpc) is 2.47. The zero-order chi connectivity index (χ0) is 14.5. The Bertz CT molecular complexity index is 388. The number of amides is 2. The van der Waals surface area contributed by atoms with E-state index in [1.807, 2.05) is 23.6 Å². The van der Waals surface area contributed by atoms with Crippen molar-refractivity contribution in [3.63, 3.8) is 0 Å². The molecule has 20 heavy (non-hydrogen) atoms. The van der Waals surface area contributed by atoms with Gasteiger partial charge in [0.15, 0.2) is 0 Å². The number of hydrogen-bond acceptors (Lipinski definition) is 3. The number of allylic oxidation sites excluding steroid dienone is 1. The molecule has 2 rings (SSSR count). The molecule has 2 saturated heterocycles. The van der Waals surface area contributed by atoms with Crippen molar-refractivity contribution in [2.45, 2.75) is 26.7 Å². The maximum Gasteiger partial charge on any atom is 0.246 e. The van der Waals surface area contributed by atoms with Crippen molar-refractivity contribution in [2.75, 3.05) is 39.4 Å². The lowest BCUT2D eigenvalue weighted by Crippen LogP contribution is -2.47. The Morgan fingerprint density at radius 1 is 1.00 bits per heavy atom. The van der Waals surface area contributed by atoms with E-state index in [4.69, 9.17) is 4.74 Å². The van der Waals surface area contributed by atoms with E-state index in [9.17, 15) is 9.59 Å². The van der Waals surface area contributed by atoms with Gasteiger partial charge >= 0.3 is 0 Å². The third-order valence-corrected chi connectivity index (χ3v) is 3.89. The predicted molar refractivity (Wildman–Crippen MR) is 76.1 cm³/mol. The Balaban J connectivity index is 1.83. The molecule has 0 bridgehead atoms. The van der Waals surface area contributed by atoms with Crippen molar-refractivity contribution in [1.29, 1.82) is 0 Å². The minimum Gasteiger partial charge on any atom is -0.378 e. The maximum atomic E-state index is 12.4. The second-order valence-electron chi connectivity index (χ2n) is 5.76. The lowest BCUT2D eigenvalue weighted by molar-refractivity contribution is -0.142. The third-order valence-electron chi connectivity index (χ3n) is 3.89. The molecule has 0 aromatic carbocycles. The quantitative estimate of drug-likeness (QED) is 0.710. The van der Waals surface area contributed by atoms with E-state index in [0.29, 0.717) is 39.4 Å². The Labute approximate surface area is 120 Å². The molecule has 2 heterocycles. The number of piperidine rings is 1. The van der Waals surface area contributed by atoms with Gasteiger partial charge in [-0.2, -0.15) is 0 Å². The number of carbonyl (C=O) groups is 2. The molecule has 0 aromatic heterocycles. The van der Waals surface area contributed by atoms with Crippen LogP contribution in [0.2, 0.25) is 0 Å². The number of carbonyl (C=O) groups excluding carboxylic acids is 2. The summed E-state index contributed by atoms with van der Waals surface area (Å²) in [6.45, 7) is 7.91. The summed E-state index contributed by atoms with van der Waals surface area (Å²) in [6, 6.07) is 0. The van der Waals surface area contributed by atoms with Crippen molar-refractivity contribution in [3.8, 4) is 0 Å². The van der Waals surface area contributed by atoms with Crippen LogP contribution in [0.5, 0.6) is 0 Å². The zero-order valence-corrected chi connectivity index (χ0v) is 12.4. The first-order valence-corrected chi connectivity index (χ1v) is 7.38. The highest BCUT2D eigenvalue weighted by atomic mass is 16.5. The summed E-state index contributed by atoms with van der Waals surface area (Å²) in [5.74, 6) is 0.383. The van der Waals surface area contributed by atoms with Crippen LogP contribution in [0.3, 0.4) is 0 Å². The topological polar surface area (TPSA) is 49.9 Å². The van der Waals surface area contributed by atoms with Crippen LogP contribution in [-0.4, -0.2) is 61.0 Å². The van der Waals surface area contributed by atoms with Crippen LogP contribution < -0.4 is 0 Å². The van der Waals surface area contributed by atoms with Gasteiger partial charge in [0, 0.05) is 38.2 Å². The van der Waals surface area contributed by atoms with Crippen LogP contribution in [0.25, 0.3) is 0 Å². The van der Waals surface area contributed by atoms with Crippen LogP contribution >= 0.6 is 0 Å². The molecule has 0 saturated carbocycles. The van der Waals surface area contributed by atoms with E-state index in [1.165, 1.54) is 0 Å². The van der Waals surface area contributed by atoms with E-state index >= 15 is 0 Å². The molecule has 0 atom stereocenters. The number of likely N-dealkylation sites (tertiary alicyclic amines) is 1. The first-order chi connectivity index (χ1) is 9.58. The van der Waals surface area contributed by atoms with Crippen molar-refractivity contribution in [1.82, 2.24) is 9.80 Å². The molecule has 0 aromatic rings. The fraction of sp³-hybridized carbons (Fsp3) is 0.733. The Morgan fingerprint density at radius 2 is 1.60 bits per heavy atom. The predicted octanol–water partition coefficient (Wildman–Crippen LogP) is 1.05. The Hall–Kier alpha value is -1.36. The van der Waals surface area contributed by atoms with Crippen LogP contribution in [0, 0.1) is 5.92 Å². The highest BCUT2D eigenvalue weighted by molar-refractivity contribution is 5.88. The molecule has 0 N–H and O–H groups in total. The highest BCUT2D eigenvalue weighted by Gasteiger charge is 2.30. The molecular formula is C15H24N2O3. The monoisotopic (exact) mass is 280 g/mol. The average molecular weight is 280 g/mol. The van der Waals surface area contributed by atoms with Gasteiger partial charge in [-0.1, -0.05) is 5.57 Å². The molecule has 0 aliphatic carbocycles. The summed E-state index contributed by atoms with van der Waals surface area (Å²) in [7, 11) is 0. The standard InChI is InChI=1S/C15H24N2O3/c1-12(2)11-14(18)16-5-3-13(4-6-16)15(19)17-7-9-20-10-8-17/h11,13H,3-10H2,1-2H3. The normalized spacial score (nSPS) is 20.7. The largest absolute Gasteiger partial charge is 0.378 e. The van der Waals surface area contributed by atoms with E-state index in [2.05, 4.69) is 0 Å². The first-order valence-electron chi connectivity index (χ1n) is 7.38. The SMILES string of the molecule is CC(C)=CC(=O)N1CCC(C(=O)N2CCOCC2)CC1. The number of nitrogens with zero attached hydrogens (tertiary/aromatic N) is 2. The van der Waals surface area contributed by atoms with Crippen LogP contribution in [0.15, 0.2) is 11.6 Å².